The Hall–Kier alpha value is -2.49. The van der Waals surface area contributed by atoms with Crippen LogP contribution in [0.3, 0.4) is 0 Å². The van der Waals surface area contributed by atoms with Crippen LogP contribution in [0.5, 0.6) is 0 Å². The smallest absolute Gasteiger partial charge is 0.249 e. The van der Waals surface area contributed by atoms with Gasteiger partial charge in [0.1, 0.15) is 12.6 Å². The third-order valence-corrected chi connectivity index (χ3v) is 4.41. The van der Waals surface area contributed by atoms with Gasteiger partial charge in [0.2, 0.25) is 17.8 Å². The highest BCUT2D eigenvalue weighted by molar-refractivity contribution is 6.31. The number of ether oxygens (including phenoxy) is 2. The lowest BCUT2D eigenvalue weighted by molar-refractivity contribution is -0.125. The first-order valence-corrected chi connectivity index (χ1v) is 8.74. The third kappa shape index (κ3) is 4.62. The van der Waals surface area contributed by atoms with Crippen molar-refractivity contribution in [3.8, 4) is 0 Å². The molecule has 1 aromatic heterocycles. The number of nitrogens with one attached hydrogen (secondary N) is 2. The van der Waals surface area contributed by atoms with Crippen LogP contribution in [0.15, 0.2) is 18.2 Å². The number of fused-ring (bicyclic) bond motifs is 1. The van der Waals surface area contributed by atoms with E-state index in [2.05, 4.69) is 20.7 Å². The van der Waals surface area contributed by atoms with Crippen LogP contribution in [0.1, 0.15) is 23.9 Å². The summed E-state index contributed by atoms with van der Waals surface area (Å²) < 4.78 is 11.7. The second-order valence-electron chi connectivity index (χ2n) is 6.06. The maximum atomic E-state index is 12.7. The van der Waals surface area contributed by atoms with E-state index in [1.807, 2.05) is 13.0 Å². The van der Waals surface area contributed by atoms with Crippen LogP contribution in [0.2, 0.25) is 5.02 Å². The zero-order valence-electron chi connectivity index (χ0n) is 15.0. The Balaban J connectivity index is 1.74. The Morgan fingerprint density at radius 2 is 2.26 bits per heavy atom. The van der Waals surface area contributed by atoms with Gasteiger partial charge in [-0.2, -0.15) is 10.1 Å². The lowest BCUT2D eigenvalue weighted by Gasteiger charge is -2.22. The molecular formula is C17H20ClN5O4. The van der Waals surface area contributed by atoms with Gasteiger partial charge >= 0.3 is 0 Å². The first kappa shape index (κ1) is 19.3. The van der Waals surface area contributed by atoms with Gasteiger partial charge in [-0.3, -0.25) is 14.9 Å². The molecule has 0 radical (unpaired) electrons. The zero-order valence-corrected chi connectivity index (χ0v) is 15.7. The van der Waals surface area contributed by atoms with E-state index in [-0.39, 0.29) is 30.8 Å². The van der Waals surface area contributed by atoms with Gasteiger partial charge in [-0.15, -0.1) is 0 Å². The summed E-state index contributed by atoms with van der Waals surface area (Å²) in [5.74, 6) is -0.0789. The summed E-state index contributed by atoms with van der Waals surface area (Å²) >= 11 is 6.10. The summed E-state index contributed by atoms with van der Waals surface area (Å²) in [5.41, 5.74) is 1.45. The molecular weight excluding hydrogens is 374 g/mol. The average molecular weight is 394 g/mol. The van der Waals surface area contributed by atoms with Crippen molar-refractivity contribution in [2.24, 2.45) is 0 Å². The van der Waals surface area contributed by atoms with Crippen LogP contribution in [-0.4, -0.2) is 46.9 Å². The van der Waals surface area contributed by atoms with Crippen LogP contribution >= 0.6 is 11.6 Å². The summed E-state index contributed by atoms with van der Waals surface area (Å²) in [5, 5.41) is 10.2. The molecule has 0 bridgehead atoms. The SMILES string of the molecule is COCCOCc1nc2n(n1)C(C(=O)Nc1ccc(C)c(Cl)c1)CC(=O)N2. The molecule has 1 unspecified atom stereocenters. The fraction of sp³-hybridized carbons (Fsp3) is 0.412. The quantitative estimate of drug-likeness (QED) is 0.696. The molecule has 2 heterocycles. The molecule has 27 heavy (non-hydrogen) atoms. The number of aryl methyl sites for hydroxylation is 1. The molecule has 9 nitrogen and oxygen atoms in total. The molecule has 0 saturated carbocycles. The Bertz CT molecular complexity index is 854. The van der Waals surface area contributed by atoms with Gasteiger partial charge in [-0.05, 0) is 24.6 Å². The summed E-state index contributed by atoms with van der Waals surface area (Å²) in [7, 11) is 1.58. The number of anilines is 2. The van der Waals surface area contributed by atoms with Gasteiger partial charge in [-0.1, -0.05) is 17.7 Å². The molecule has 1 aliphatic rings. The molecule has 2 amide bonds. The normalized spacial score (nSPS) is 16.0. The summed E-state index contributed by atoms with van der Waals surface area (Å²) in [6.45, 7) is 2.87. The van der Waals surface area contributed by atoms with Crippen LogP contribution in [-0.2, 0) is 25.7 Å². The summed E-state index contributed by atoms with van der Waals surface area (Å²) in [6.07, 6.45) is -0.0360. The highest BCUT2D eigenvalue weighted by atomic mass is 35.5. The molecule has 144 valence electrons. The number of nitrogens with zero attached hydrogens (tertiary/aromatic N) is 3. The Morgan fingerprint density at radius 1 is 1.44 bits per heavy atom. The predicted molar refractivity (Wildman–Crippen MR) is 98.7 cm³/mol. The average Bonchev–Trinajstić information content (AvgIpc) is 3.03. The summed E-state index contributed by atoms with van der Waals surface area (Å²) in [6, 6.07) is 4.41. The van der Waals surface area contributed by atoms with Crippen molar-refractivity contribution < 1.29 is 19.1 Å². The largest absolute Gasteiger partial charge is 0.382 e. The lowest BCUT2D eigenvalue weighted by Crippen LogP contribution is -2.36. The summed E-state index contributed by atoms with van der Waals surface area (Å²) in [4.78, 5) is 28.9. The van der Waals surface area contributed by atoms with Crippen molar-refractivity contribution in [2.75, 3.05) is 31.0 Å². The lowest BCUT2D eigenvalue weighted by atomic mass is 10.1. The van der Waals surface area contributed by atoms with Crippen molar-refractivity contribution in [3.63, 3.8) is 0 Å². The third-order valence-electron chi connectivity index (χ3n) is 4.01. The first-order valence-electron chi connectivity index (χ1n) is 8.37. The van der Waals surface area contributed by atoms with Crippen LogP contribution in [0.25, 0.3) is 0 Å². The number of methoxy groups -OCH3 is 1. The fourth-order valence-corrected chi connectivity index (χ4v) is 2.76. The van der Waals surface area contributed by atoms with Crippen molar-refractivity contribution in [1.82, 2.24) is 14.8 Å². The first-order chi connectivity index (χ1) is 13.0. The van der Waals surface area contributed by atoms with E-state index in [4.69, 9.17) is 21.1 Å². The topological polar surface area (TPSA) is 107 Å². The number of halogens is 1. The van der Waals surface area contributed by atoms with Gasteiger partial charge in [0.25, 0.3) is 0 Å². The van der Waals surface area contributed by atoms with Gasteiger partial charge < -0.3 is 14.8 Å². The van der Waals surface area contributed by atoms with E-state index in [1.54, 1.807) is 19.2 Å². The minimum absolute atomic E-state index is 0.0360. The highest BCUT2D eigenvalue weighted by Gasteiger charge is 2.33. The number of amides is 2. The molecule has 0 saturated heterocycles. The van der Waals surface area contributed by atoms with Crippen molar-refractivity contribution >= 4 is 35.1 Å². The fourth-order valence-electron chi connectivity index (χ4n) is 2.57. The molecule has 1 atom stereocenters. The van der Waals surface area contributed by atoms with E-state index >= 15 is 0 Å². The van der Waals surface area contributed by atoms with Gasteiger partial charge in [0, 0.05) is 17.8 Å². The Morgan fingerprint density at radius 3 is 3.00 bits per heavy atom. The number of carbonyl (C=O) groups excluding carboxylic acids is 2. The minimum Gasteiger partial charge on any atom is -0.382 e. The van der Waals surface area contributed by atoms with Crippen molar-refractivity contribution in [2.45, 2.75) is 26.0 Å². The van der Waals surface area contributed by atoms with Crippen LogP contribution < -0.4 is 10.6 Å². The highest BCUT2D eigenvalue weighted by Crippen LogP contribution is 2.26. The van der Waals surface area contributed by atoms with E-state index in [1.165, 1.54) is 4.68 Å². The number of rotatable bonds is 7. The van der Waals surface area contributed by atoms with Gasteiger partial charge in [-0.25, -0.2) is 4.68 Å². The van der Waals surface area contributed by atoms with Gasteiger partial charge in [0.15, 0.2) is 5.82 Å². The monoisotopic (exact) mass is 393 g/mol. The van der Waals surface area contributed by atoms with Crippen molar-refractivity contribution in [3.05, 3.63) is 34.6 Å². The molecule has 1 aliphatic heterocycles. The Labute approximate surface area is 161 Å². The molecule has 10 heteroatoms. The van der Waals surface area contributed by atoms with Crippen LogP contribution in [0, 0.1) is 6.92 Å². The number of hydrogen-bond donors (Lipinski definition) is 2. The molecule has 0 fully saturated rings. The maximum Gasteiger partial charge on any atom is 0.249 e. The maximum absolute atomic E-state index is 12.7. The number of hydrogen-bond acceptors (Lipinski definition) is 6. The molecule has 3 rings (SSSR count). The van der Waals surface area contributed by atoms with E-state index in [0.717, 1.165) is 5.56 Å². The van der Waals surface area contributed by atoms with E-state index < -0.39 is 6.04 Å². The van der Waals surface area contributed by atoms with E-state index in [9.17, 15) is 9.59 Å². The Kier molecular flexibility index (Phi) is 6.04. The molecule has 2 N–H and O–H groups in total. The predicted octanol–water partition coefficient (Wildman–Crippen LogP) is 1.92. The second-order valence-corrected chi connectivity index (χ2v) is 6.47. The van der Waals surface area contributed by atoms with Crippen molar-refractivity contribution in [1.29, 1.82) is 0 Å². The zero-order chi connectivity index (χ0) is 19.4. The minimum atomic E-state index is -0.811. The van der Waals surface area contributed by atoms with Crippen LogP contribution in [0.4, 0.5) is 11.6 Å². The number of carbonyl (C=O) groups is 2. The van der Waals surface area contributed by atoms with Gasteiger partial charge in [0.05, 0.1) is 19.6 Å². The molecule has 1 aromatic carbocycles. The van der Waals surface area contributed by atoms with E-state index in [0.29, 0.717) is 29.7 Å². The second kappa shape index (κ2) is 8.47. The molecule has 2 aromatic rings. The molecule has 0 aliphatic carbocycles. The number of benzene rings is 1. The number of aromatic nitrogens is 3. The molecule has 0 spiro atoms. The standard InChI is InChI=1S/C17H20ClN5O4/c1-10-3-4-11(7-12(10)18)19-16(25)13-8-15(24)21-17-20-14(22-23(13)17)9-27-6-5-26-2/h3-4,7,13H,5-6,8-9H2,1-2H3,(H,19,25)(H,20,21,22,24).